The Labute approximate surface area is 92.5 Å². The summed E-state index contributed by atoms with van der Waals surface area (Å²) in [6.07, 6.45) is -1.47. The quantitative estimate of drug-likeness (QED) is 0.785. The van der Waals surface area contributed by atoms with Gasteiger partial charge in [-0.25, -0.2) is 0 Å². The first kappa shape index (κ1) is 11.5. The van der Waals surface area contributed by atoms with Gasteiger partial charge in [0.15, 0.2) is 0 Å². The Morgan fingerprint density at radius 2 is 1.94 bits per heavy atom. The zero-order valence-corrected chi connectivity index (χ0v) is 8.80. The molecule has 88 valence electrons. The number of hydrogen-bond acceptors (Lipinski definition) is 1. The summed E-state index contributed by atoms with van der Waals surface area (Å²) in [5.41, 5.74) is 6.03. The van der Waals surface area contributed by atoms with Crippen molar-refractivity contribution in [3.05, 3.63) is 35.4 Å². The van der Waals surface area contributed by atoms with Gasteiger partial charge in [0.2, 0.25) is 0 Å². The van der Waals surface area contributed by atoms with Crippen LogP contribution in [0.1, 0.15) is 36.3 Å². The molecule has 0 unspecified atom stereocenters. The van der Waals surface area contributed by atoms with E-state index in [1.807, 2.05) is 0 Å². The van der Waals surface area contributed by atoms with Crippen LogP contribution in [-0.4, -0.2) is 6.04 Å². The Hall–Kier alpha value is -1.03. The smallest absolute Gasteiger partial charge is 0.327 e. The molecule has 0 bridgehead atoms. The monoisotopic (exact) mass is 229 g/mol. The summed E-state index contributed by atoms with van der Waals surface area (Å²) in [6.45, 7) is 0. The van der Waals surface area contributed by atoms with E-state index in [1.165, 1.54) is 12.1 Å². The van der Waals surface area contributed by atoms with E-state index in [1.54, 1.807) is 6.07 Å². The lowest BCUT2D eigenvalue weighted by Crippen LogP contribution is -2.23. The molecular formula is C12H14F3N. The number of hydrogen-bond donors (Lipinski definition) is 1. The predicted octanol–water partition coefficient (Wildman–Crippen LogP) is 3.30. The normalized spacial score (nSPS) is 26.0. The van der Waals surface area contributed by atoms with Crippen molar-refractivity contribution in [3.8, 4) is 0 Å². The van der Waals surface area contributed by atoms with Crippen LogP contribution in [0.2, 0.25) is 0 Å². The minimum atomic E-state index is -4.27. The molecule has 2 N–H and O–H groups in total. The number of halogens is 3. The average molecular weight is 229 g/mol. The van der Waals surface area contributed by atoms with E-state index in [0.717, 1.165) is 30.9 Å². The number of benzene rings is 1. The van der Waals surface area contributed by atoms with E-state index in [-0.39, 0.29) is 12.0 Å². The number of alkyl halides is 3. The number of nitrogens with two attached hydrogens (primary N) is 1. The van der Waals surface area contributed by atoms with E-state index < -0.39 is 11.7 Å². The van der Waals surface area contributed by atoms with E-state index in [2.05, 4.69) is 0 Å². The third-order valence-corrected chi connectivity index (χ3v) is 3.21. The first-order chi connectivity index (χ1) is 7.48. The summed E-state index contributed by atoms with van der Waals surface area (Å²) in [5, 5.41) is 0. The zero-order chi connectivity index (χ0) is 11.8. The Bertz CT molecular complexity index is 373. The van der Waals surface area contributed by atoms with Crippen molar-refractivity contribution in [2.24, 2.45) is 5.73 Å². The lowest BCUT2D eigenvalue weighted by molar-refractivity contribution is -0.137. The first-order valence-electron chi connectivity index (χ1n) is 5.41. The van der Waals surface area contributed by atoms with Crippen molar-refractivity contribution < 1.29 is 13.2 Å². The second kappa shape index (κ2) is 4.09. The topological polar surface area (TPSA) is 26.0 Å². The van der Waals surface area contributed by atoms with Gasteiger partial charge in [-0.1, -0.05) is 24.6 Å². The third-order valence-electron chi connectivity index (χ3n) is 3.21. The van der Waals surface area contributed by atoms with Gasteiger partial charge in [0.05, 0.1) is 5.56 Å². The molecule has 1 aromatic carbocycles. The van der Waals surface area contributed by atoms with E-state index in [4.69, 9.17) is 5.73 Å². The van der Waals surface area contributed by atoms with Gasteiger partial charge in [-0.2, -0.15) is 13.2 Å². The van der Waals surface area contributed by atoms with Crippen LogP contribution in [0, 0.1) is 0 Å². The lowest BCUT2D eigenvalue weighted by Gasteiger charge is -2.17. The molecule has 0 spiro atoms. The summed E-state index contributed by atoms with van der Waals surface area (Å²) in [7, 11) is 0. The average Bonchev–Trinajstić information content (AvgIpc) is 2.63. The van der Waals surface area contributed by atoms with Crippen molar-refractivity contribution >= 4 is 0 Å². The predicted molar refractivity (Wildman–Crippen MR) is 56.0 cm³/mol. The Balaban J connectivity index is 2.29. The molecule has 16 heavy (non-hydrogen) atoms. The Kier molecular flexibility index (Phi) is 2.93. The minimum Gasteiger partial charge on any atom is -0.327 e. The van der Waals surface area contributed by atoms with E-state index in [0.29, 0.717) is 0 Å². The van der Waals surface area contributed by atoms with Crippen LogP contribution in [0.4, 0.5) is 13.2 Å². The molecule has 0 amide bonds. The molecule has 1 aromatic rings. The largest absolute Gasteiger partial charge is 0.416 e. The van der Waals surface area contributed by atoms with Crippen molar-refractivity contribution in [1.82, 2.24) is 0 Å². The fourth-order valence-electron chi connectivity index (χ4n) is 2.35. The highest BCUT2D eigenvalue weighted by molar-refractivity contribution is 5.29. The summed E-state index contributed by atoms with van der Waals surface area (Å²) in [5.74, 6) is 0.0855. The molecule has 0 radical (unpaired) electrons. The second-order valence-electron chi connectivity index (χ2n) is 4.32. The zero-order valence-electron chi connectivity index (χ0n) is 8.80. The molecule has 1 aliphatic carbocycles. The van der Waals surface area contributed by atoms with Gasteiger partial charge in [-0.15, -0.1) is 0 Å². The summed E-state index contributed by atoms with van der Waals surface area (Å²) in [4.78, 5) is 0. The standard InChI is InChI=1S/C12H14F3N/c13-12(14,15)9-4-1-3-8(7-9)10-5-2-6-11(10)16/h1,3-4,7,10-11H,2,5-6,16H2/t10-,11+/m1/s1. The van der Waals surface area contributed by atoms with Gasteiger partial charge in [-0.3, -0.25) is 0 Å². The maximum Gasteiger partial charge on any atom is 0.416 e. The Morgan fingerprint density at radius 1 is 1.19 bits per heavy atom. The lowest BCUT2D eigenvalue weighted by atomic mass is 9.93. The van der Waals surface area contributed by atoms with E-state index >= 15 is 0 Å². The molecule has 1 saturated carbocycles. The van der Waals surface area contributed by atoms with Crippen molar-refractivity contribution in [1.29, 1.82) is 0 Å². The van der Waals surface area contributed by atoms with Gasteiger partial charge in [-0.05, 0) is 30.4 Å². The molecule has 0 aromatic heterocycles. The summed E-state index contributed by atoms with van der Waals surface area (Å²) in [6, 6.07) is 5.54. The summed E-state index contributed by atoms with van der Waals surface area (Å²) < 4.78 is 37.6. The fraction of sp³-hybridized carbons (Fsp3) is 0.500. The van der Waals surface area contributed by atoms with Gasteiger partial charge in [0.1, 0.15) is 0 Å². The van der Waals surface area contributed by atoms with Gasteiger partial charge in [0, 0.05) is 6.04 Å². The summed E-state index contributed by atoms with van der Waals surface area (Å²) >= 11 is 0. The highest BCUT2D eigenvalue weighted by atomic mass is 19.4. The van der Waals surface area contributed by atoms with Crippen LogP contribution in [0.15, 0.2) is 24.3 Å². The third kappa shape index (κ3) is 2.21. The SMILES string of the molecule is N[C@H]1CCC[C@@H]1c1cccc(C(F)(F)F)c1. The van der Waals surface area contributed by atoms with Crippen LogP contribution < -0.4 is 5.73 Å². The highest BCUT2D eigenvalue weighted by Gasteiger charge is 2.32. The molecule has 0 aliphatic heterocycles. The first-order valence-corrected chi connectivity index (χ1v) is 5.41. The molecule has 0 heterocycles. The molecule has 1 fully saturated rings. The highest BCUT2D eigenvalue weighted by Crippen LogP contribution is 2.36. The molecule has 1 aliphatic rings. The van der Waals surface area contributed by atoms with Crippen molar-refractivity contribution in [3.63, 3.8) is 0 Å². The second-order valence-corrected chi connectivity index (χ2v) is 4.32. The van der Waals surface area contributed by atoms with Crippen LogP contribution in [0.3, 0.4) is 0 Å². The Morgan fingerprint density at radius 3 is 2.50 bits per heavy atom. The van der Waals surface area contributed by atoms with Crippen LogP contribution in [0.5, 0.6) is 0 Å². The van der Waals surface area contributed by atoms with Crippen molar-refractivity contribution in [2.45, 2.75) is 37.4 Å². The maximum atomic E-state index is 12.5. The van der Waals surface area contributed by atoms with Crippen LogP contribution in [0.25, 0.3) is 0 Å². The van der Waals surface area contributed by atoms with E-state index in [9.17, 15) is 13.2 Å². The molecule has 2 atom stereocenters. The van der Waals surface area contributed by atoms with Gasteiger partial charge >= 0.3 is 6.18 Å². The van der Waals surface area contributed by atoms with Gasteiger partial charge < -0.3 is 5.73 Å². The van der Waals surface area contributed by atoms with Gasteiger partial charge in [0.25, 0.3) is 0 Å². The van der Waals surface area contributed by atoms with Crippen LogP contribution in [-0.2, 0) is 6.18 Å². The number of rotatable bonds is 1. The molecular weight excluding hydrogens is 215 g/mol. The van der Waals surface area contributed by atoms with Crippen LogP contribution >= 0.6 is 0 Å². The molecule has 2 rings (SSSR count). The molecule has 0 saturated heterocycles. The fourth-order valence-corrected chi connectivity index (χ4v) is 2.35. The van der Waals surface area contributed by atoms with Crippen molar-refractivity contribution in [2.75, 3.05) is 0 Å². The minimum absolute atomic E-state index is 0.00323. The molecule has 4 heteroatoms. The maximum absolute atomic E-state index is 12.5. The molecule has 1 nitrogen and oxygen atoms in total.